The summed E-state index contributed by atoms with van der Waals surface area (Å²) in [6, 6.07) is 3.45. The number of hydrogen-bond acceptors (Lipinski definition) is 5. The average Bonchev–Trinajstić information content (AvgIpc) is 3.20. The maximum atomic E-state index is 12.7. The number of ether oxygens (including phenoxy) is 2. The second kappa shape index (κ2) is 6.36. The summed E-state index contributed by atoms with van der Waals surface area (Å²) < 4.78 is 12.2. The summed E-state index contributed by atoms with van der Waals surface area (Å²) >= 11 is 0. The Morgan fingerprint density at radius 3 is 2.69 bits per heavy atom. The molecule has 136 valence electrons. The topological polar surface area (TPSA) is 76.9 Å². The van der Waals surface area contributed by atoms with E-state index in [9.17, 15) is 9.59 Å². The summed E-state index contributed by atoms with van der Waals surface area (Å²) in [6.45, 7) is 1.15. The predicted molar refractivity (Wildman–Crippen MR) is 92.3 cm³/mol. The van der Waals surface area contributed by atoms with Gasteiger partial charge in [-0.1, -0.05) is 0 Å². The van der Waals surface area contributed by atoms with E-state index in [1.54, 1.807) is 31.5 Å². The van der Waals surface area contributed by atoms with E-state index in [0.29, 0.717) is 24.6 Å². The van der Waals surface area contributed by atoms with Crippen LogP contribution in [0.25, 0.3) is 0 Å². The van der Waals surface area contributed by atoms with Crippen molar-refractivity contribution in [2.45, 2.75) is 12.5 Å². The Labute approximate surface area is 150 Å². The van der Waals surface area contributed by atoms with E-state index >= 15 is 0 Å². The lowest BCUT2D eigenvalue weighted by atomic mass is 9.90. The summed E-state index contributed by atoms with van der Waals surface area (Å²) in [5.41, 5.74) is 2.12. The van der Waals surface area contributed by atoms with Gasteiger partial charge >= 0.3 is 6.03 Å². The number of rotatable bonds is 2. The molecule has 0 N–H and O–H groups in total. The number of hydrogen-bond donors (Lipinski definition) is 0. The fourth-order valence-electron chi connectivity index (χ4n) is 3.73. The van der Waals surface area contributed by atoms with Gasteiger partial charge in [0.1, 0.15) is 12.9 Å². The fourth-order valence-corrected chi connectivity index (χ4v) is 3.73. The van der Waals surface area contributed by atoms with Crippen LogP contribution in [0.4, 0.5) is 4.79 Å². The van der Waals surface area contributed by atoms with E-state index in [-0.39, 0.29) is 24.5 Å². The quantitative estimate of drug-likeness (QED) is 0.811. The molecular weight excluding hydrogens is 336 g/mol. The van der Waals surface area contributed by atoms with Gasteiger partial charge in [-0.15, -0.1) is 0 Å². The second-order valence-electron chi connectivity index (χ2n) is 6.39. The molecule has 0 unspecified atom stereocenters. The molecule has 0 radical (unpaired) electrons. The van der Waals surface area contributed by atoms with Gasteiger partial charge in [0.05, 0.1) is 20.3 Å². The van der Waals surface area contributed by atoms with Crippen LogP contribution < -0.4 is 9.47 Å². The smallest absolute Gasteiger partial charge is 0.329 e. The molecule has 3 heterocycles. The molecule has 1 atom stereocenters. The van der Waals surface area contributed by atoms with Crippen molar-refractivity contribution in [2.75, 3.05) is 33.9 Å². The van der Waals surface area contributed by atoms with Gasteiger partial charge in [-0.25, -0.2) is 9.78 Å². The molecule has 2 amide bonds. The van der Waals surface area contributed by atoms with Gasteiger partial charge in [-0.05, 0) is 29.7 Å². The number of nitrogens with zero attached hydrogens (tertiary/aromatic N) is 4. The minimum absolute atomic E-state index is 0.0462. The lowest BCUT2D eigenvalue weighted by Crippen LogP contribution is -2.56. The third-order valence-corrected chi connectivity index (χ3v) is 5.04. The number of fused-ring (bicyclic) bond motifs is 3. The number of aromatic nitrogens is 2. The molecule has 26 heavy (non-hydrogen) atoms. The first kappa shape index (κ1) is 16.4. The number of imidazole rings is 1. The average molecular weight is 356 g/mol. The van der Waals surface area contributed by atoms with Gasteiger partial charge in [0, 0.05) is 25.5 Å². The van der Waals surface area contributed by atoms with Crippen molar-refractivity contribution in [1.29, 1.82) is 0 Å². The highest BCUT2D eigenvalue weighted by Crippen LogP contribution is 2.39. The zero-order valence-corrected chi connectivity index (χ0v) is 14.7. The summed E-state index contributed by atoms with van der Waals surface area (Å²) in [4.78, 5) is 32.6. The van der Waals surface area contributed by atoms with Crippen LogP contribution in [0.2, 0.25) is 0 Å². The zero-order chi connectivity index (χ0) is 18.3. The number of methoxy groups -OCH3 is 2. The second-order valence-corrected chi connectivity index (χ2v) is 6.39. The van der Waals surface area contributed by atoms with Crippen molar-refractivity contribution in [3.8, 4) is 11.5 Å². The first-order chi connectivity index (χ1) is 12.6. The minimum Gasteiger partial charge on any atom is -0.493 e. The van der Waals surface area contributed by atoms with Crippen molar-refractivity contribution < 1.29 is 19.1 Å². The zero-order valence-electron chi connectivity index (χ0n) is 14.7. The lowest BCUT2D eigenvalue weighted by molar-refractivity contribution is -0.139. The molecule has 0 spiro atoms. The van der Waals surface area contributed by atoms with Gasteiger partial charge in [0.15, 0.2) is 11.5 Å². The molecule has 8 nitrogen and oxygen atoms in total. The SMILES string of the molecule is COc1cc2c(cc1OC)[C@H]1CN(C(=O)n3ccnc3)CC(=O)N1CC2. The molecule has 1 aromatic carbocycles. The highest BCUT2D eigenvalue weighted by molar-refractivity contribution is 5.87. The molecule has 0 bridgehead atoms. The van der Waals surface area contributed by atoms with Gasteiger partial charge < -0.3 is 19.3 Å². The Kier molecular flexibility index (Phi) is 4.02. The van der Waals surface area contributed by atoms with Crippen LogP contribution in [0.1, 0.15) is 17.2 Å². The molecule has 1 saturated heterocycles. The number of amides is 2. The molecule has 0 saturated carbocycles. The highest BCUT2D eigenvalue weighted by Gasteiger charge is 2.39. The van der Waals surface area contributed by atoms with Crippen molar-refractivity contribution >= 4 is 11.9 Å². The minimum atomic E-state index is -0.247. The van der Waals surface area contributed by atoms with Crippen LogP contribution in [-0.4, -0.2) is 65.1 Å². The summed E-state index contributed by atoms with van der Waals surface area (Å²) in [6.07, 6.45) is 5.33. The Morgan fingerprint density at radius 2 is 2.00 bits per heavy atom. The highest BCUT2D eigenvalue weighted by atomic mass is 16.5. The number of benzene rings is 1. The molecule has 0 aliphatic carbocycles. The maximum absolute atomic E-state index is 12.7. The molecule has 1 aromatic heterocycles. The largest absolute Gasteiger partial charge is 0.493 e. The summed E-state index contributed by atoms with van der Waals surface area (Å²) in [5.74, 6) is 1.25. The van der Waals surface area contributed by atoms with Crippen LogP contribution in [0.15, 0.2) is 30.9 Å². The predicted octanol–water partition coefficient (Wildman–Crippen LogP) is 1.31. The molecule has 1 fully saturated rings. The van der Waals surface area contributed by atoms with Crippen molar-refractivity contribution in [3.05, 3.63) is 42.0 Å². The fraction of sp³-hybridized carbons (Fsp3) is 0.389. The normalized spacial score (nSPS) is 19.0. The molecule has 2 aromatic rings. The molecule has 2 aliphatic rings. The van der Waals surface area contributed by atoms with E-state index in [2.05, 4.69) is 4.98 Å². The molecular formula is C18H20N4O4. The first-order valence-corrected chi connectivity index (χ1v) is 8.44. The van der Waals surface area contributed by atoms with Crippen molar-refractivity contribution in [1.82, 2.24) is 19.4 Å². The summed E-state index contributed by atoms with van der Waals surface area (Å²) in [5, 5.41) is 0. The molecule has 8 heteroatoms. The third kappa shape index (κ3) is 2.58. The lowest BCUT2D eigenvalue weighted by Gasteiger charge is -2.44. The molecule has 4 rings (SSSR count). The van der Waals surface area contributed by atoms with E-state index in [1.807, 2.05) is 17.0 Å². The Bertz CT molecular complexity index is 849. The number of piperazine rings is 1. The standard InChI is InChI=1S/C18H20N4O4/c1-25-15-7-12-3-5-22-14(13(12)8-16(15)26-2)9-21(10-17(22)23)18(24)20-6-4-19-11-20/h4,6-8,11,14H,3,5,9-10H2,1-2H3/t14-/m1/s1. The van der Waals surface area contributed by atoms with Crippen LogP contribution in [0, 0.1) is 0 Å². The van der Waals surface area contributed by atoms with Gasteiger partial charge in [0.2, 0.25) is 5.91 Å². The van der Waals surface area contributed by atoms with Crippen LogP contribution in [-0.2, 0) is 11.2 Å². The summed E-state index contributed by atoms with van der Waals surface area (Å²) in [7, 11) is 3.20. The Morgan fingerprint density at radius 1 is 1.23 bits per heavy atom. The van der Waals surface area contributed by atoms with E-state index < -0.39 is 0 Å². The van der Waals surface area contributed by atoms with Crippen LogP contribution in [0.5, 0.6) is 11.5 Å². The van der Waals surface area contributed by atoms with Gasteiger partial charge in [-0.2, -0.15) is 0 Å². The van der Waals surface area contributed by atoms with Crippen LogP contribution in [0.3, 0.4) is 0 Å². The Balaban J connectivity index is 1.69. The van der Waals surface area contributed by atoms with E-state index in [0.717, 1.165) is 17.5 Å². The molecule has 2 aliphatic heterocycles. The monoisotopic (exact) mass is 356 g/mol. The number of carbonyl (C=O) groups excluding carboxylic acids is 2. The maximum Gasteiger partial charge on any atom is 0.329 e. The van der Waals surface area contributed by atoms with Crippen LogP contribution >= 0.6 is 0 Å². The number of carbonyl (C=O) groups is 2. The van der Waals surface area contributed by atoms with Crippen molar-refractivity contribution in [3.63, 3.8) is 0 Å². The van der Waals surface area contributed by atoms with Gasteiger partial charge in [0.25, 0.3) is 0 Å². The van der Waals surface area contributed by atoms with Crippen molar-refractivity contribution in [2.24, 2.45) is 0 Å². The third-order valence-electron chi connectivity index (χ3n) is 5.04. The van der Waals surface area contributed by atoms with E-state index in [4.69, 9.17) is 9.47 Å². The first-order valence-electron chi connectivity index (χ1n) is 8.44. The van der Waals surface area contributed by atoms with Gasteiger partial charge in [-0.3, -0.25) is 9.36 Å². The Hall–Kier alpha value is -3.03. The van der Waals surface area contributed by atoms with E-state index in [1.165, 1.54) is 10.9 Å².